The van der Waals surface area contributed by atoms with E-state index in [2.05, 4.69) is 15.4 Å². The molecule has 2 heterocycles. The maximum atomic E-state index is 11.7. The summed E-state index contributed by atoms with van der Waals surface area (Å²) in [5.41, 5.74) is 0. The lowest BCUT2D eigenvalue weighted by molar-refractivity contribution is 0.0994. The van der Waals surface area contributed by atoms with Crippen molar-refractivity contribution < 1.29 is 4.79 Å². The number of hydrogen-bond donors (Lipinski definition) is 0. The van der Waals surface area contributed by atoms with Crippen LogP contribution in [0.25, 0.3) is 0 Å². The van der Waals surface area contributed by atoms with Gasteiger partial charge in [0, 0.05) is 4.88 Å². The molecule has 0 saturated heterocycles. The average Bonchev–Trinajstić information content (AvgIpc) is 2.75. The Morgan fingerprint density at radius 1 is 1.53 bits per heavy atom. The zero-order chi connectivity index (χ0) is 10.8. The second-order valence-electron chi connectivity index (χ2n) is 3.21. The van der Waals surface area contributed by atoms with Crippen LogP contribution < -0.4 is 0 Å². The Labute approximate surface area is 90.7 Å². The van der Waals surface area contributed by atoms with Crippen LogP contribution in [0.2, 0.25) is 0 Å². The van der Waals surface area contributed by atoms with Crippen molar-refractivity contribution in [1.29, 1.82) is 0 Å². The van der Waals surface area contributed by atoms with Crippen molar-refractivity contribution in [2.24, 2.45) is 7.05 Å². The van der Waals surface area contributed by atoms with E-state index >= 15 is 0 Å². The topological polar surface area (TPSA) is 60.7 Å². The molecule has 0 amide bonds. The SMILES string of the molecule is Cc1ccc(C(=O)Cc2nnn(C)n2)s1. The Hall–Kier alpha value is -1.56. The van der Waals surface area contributed by atoms with Gasteiger partial charge in [-0.05, 0) is 24.3 Å². The third kappa shape index (κ3) is 2.27. The smallest absolute Gasteiger partial charge is 0.182 e. The third-order valence-corrected chi connectivity index (χ3v) is 2.93. The summed E-state index contributed by atoms with van der Waals surface area (Å²) in [4.78, 5) is 15.0. The van der Waals surface area contributed by atoms with Gasteiger partial charge in [-0.15, -0.1) is 21.5 Å². The number of aryl methyl sites for hydroxylation is 2. The molecule has 0 aliphatic carbocycles. The monoisotopic (exact) mass is 222 g/mol. The van der Waals surface area contributed by atoms with E-state index in [1.807, 2.05) is 19.1 Å². The van der Waals surface area contributed by atoms with Gasteiger partial charge in [-0.2, -0.15) is 4.80 Å². The number of rotatable bonds is 3. The first-order valence-electron chi connectivity index (χ1n) is 4.47. The maximum absolute atomic E-state index is 11.7. The molecule has 6 heteroatoms. The molecule has 0 aliphatic heterocycles. The van der Waals surface area contributed by atoms with Crippen LogP contribution in [-0.2, 0) is 13.5 Å². The van der Waals surface area contributed by atoms with Crippen molar-refractivity contribution in [3.8, 4) is 0 Å². The quantitative estimate of drug-likeness (QED) is 0.727. The summed E-state index contributed by atoms with van der Waals surface area (Å²) in [5, 5.41) is 11.4. The highest BCUT2D eigenvalue weighted by Gasteiger charge is 2.12. The van der Waals surface area contributed by atoms with Gasteiger partial charge in [-0.25, -0.2) is 0 Å². The van der Waals surface area contributed by atoms with Crippen molar-refractivity contribution in [3.63, 3.8) is 0 Å². The Kier molecular flexibility index (Phi) is 2.59. The molecule has 0 radical (unpaired) electrons. The highest BCUT2D eigenvalue weighted by molar-refractivity contribution is 7.14. The van der Waals surface area contributed by atoms with Crippen LogP contribution >= 0.6 is 11.3 Å². The molecule has 2 rings (SSSR count). The van der Waals surface area contributed by atoms with Crippen LogP contribution in [0.3, 0.4) is 0 Å². The molecule has 0 unspecified atom stereocenters. The molecule has 15 heavy (non-hydrogen) atoms. The number of nitrogens with zero attached hydrogens (tertiary/aromatic N) is 4. The molecule has 78 valence electrons. The van der Waals surface area contributed by atoms with Gasteiger partial charge in [0.05, 0.1) is 18.3 Å². The van der Waals surface area contributed by atoms with Gasteiger partial charge >= 0.3 is 0 Å². The van der Waals surface area contributed by atoms with Gasteiger partial charge in [-0.3, -0.25) is 4.79 Å². The molecule has 5 nitrogen and oxygen atoms in total. The summed E-state index contributed by atoms with van der Waals surface area (Å²) in [6.45, 7) is 1.97. The van der Waals surface area contributed by atoms with E-state index in [0.29, 0.717) is 5.82 Å². The molecule has 2 aromatic rings. The lowest BCUT2D eigenvalue weighted by Gasteiger charge is -1.91. The molecule has 0 spiro atoms. The predicted octanol–water partition coefficient (Wildman–Crippen LogP) is 1.01. The zero-order valence-corrected chi connectivity index (χ0v) is 9.28. The molecule has 0 fully saturated rings. The van der Waals surface area contributed by atoms with E-state index in [-0.39, 0.29) is 12.2 Å². The number of ketones is 1. The maximum Gasteiger partial charge on any atom is 0.182 e. The van der Waals surface area contributed by atoms with Crippen LogP contribution in [0.1, 0.15) is 20.4 Å². The standard InChI is InChI=1S/C9H10N4OS/c1-6-3-4-8(15-6)7(14)5-9-10-12-13(2)11-9/h3-4H,5H2,1-2H3. The normalized spacial score (nSPS) is 10.5. The minimum absolute atomic E-state index is 0.0427. The highest BCUT2D eigenvalue weighted by Crippen LogP contribution is 2.16. The molecule has 0 bridgehead atoms. The number of carbonyl (C=O) groups excluding carboxylic acids is 1. The number of Topliss-reactive ketones (excluding diaryl/α,β-unsaturated/α-hetero) is 1. The van der Waals surface area contributed by atoms with Crippen LogP contribution in [0, 0.1) is 6.92 Å². The molecule has 0 N–H and O–H groups in total. The van der Waals surface area contributed by atoms with E-state index < -0.39 is 0 Å². The second-order valence-corrected chi connectivity index (χ2v) is 4.49. The predicted molar refractivity (Wildman–Crippen MR) is 55.9 cm³/mol. The molecular weight excluding hydrogens is 212 g/mol. The number of carbonyl (C=O) groups is 1. The van der Waals surface area contributed by atoms with Crippen molar-refractivity contribution >= 4 is 17.1 Å². The minimum atomic E-state index is 0.0427. The summed E-state index contributed by atoms with van der Waals surface area (Å²) >= 11 is 1.49. The number of aromatic nitrogens is 4. The van der Waals surface area contributed by atoms with Gasteiger partial charge < -0.3 is 0 Å². The second kappa shape index (κ2) is 3.90. The van der Waals surface area contributed by atoms with Gasteiger partial charge in [0.15, 0.2) is 11.6 Å². The Morgan fingerprint density at radius 3 is 2.87 bits per heavy atom. The van der Waals surface area contributed by atoms with E-state index in [1.165, 1.54) is 16.1 Å². The van der Waals surface area contributed by atoms with Crippen LogP contribution in [0.15, 0.2) is 12.1 Å². The fourth-order valence-electron chi connectivity index (χ4n) is 1.21. The van der Waals surface area contributed by atoms with Gasteiger partial charge in [-0.1, -0.05) is 0 Å². The van der Waals surface area contributed by atoms with Crippen LogP contribution in [0.4, 0.5) is 0 Å². The fourth-order valence-corrected chi connectivity index (χ4v) is 2.01. The largest absolute Gasteiger partial charge is 0.293 e. The summed E-state index contributed by atoms with van der Waals surface area (Å²) < 4.78 is 0. The van der Waals surface area contributed by atoms with Crippen LogP contribution in [0.5, 0.6) is 0 Å². The van der Waals surface area contributed by atoms with Crippen LogP contribution in [-0.4, -0.2) is 26.0 Å². The number of tetrazole rings is 1. The molecule has 0 aromatic carbocycles. The van der Waals surface area contributed by atoms with E-state index in [4.69, 9.17) is 0 Å². The van der Waals surface area contributed by atoms with E-state index in [1.54, 1.807) is 7.05 Å². The number of thiophene rings is 1. The fraction of sp³-hybridized carbons (Fsp3) is 0.333. The van der Waals surface area contributed by atoms with Crippen molar-refractivity contribution in [1.82, 2.24) is 20.2 Å². The summed E-state index contributed by atoms with van der Waals surface area (Å²) in [6, 6.07) is 3.76. The molecule has 2 aromatic heterocycles. The average molecular weight is 222 g/mol. The summed E-state index contributed by atoms with van der Waals surface area (Å²) in [5.74, 6) is 0.509. The first-order valence-corrected chi connectivity index (χ1v) is 5.29. The number of hydrogen-bond acceptors (Lipinski definition) is 5. The summed E-state index contributed by atoms with van der Waals surface area (Å²) in [6.07, 6.45) is 0.216. The molecular formula is C9H10N4OS. The highest BCUT2D eigenvalue weighted by atomic mass is 32.1. The van der Waals surface area contributed by atoms with Gasteiger partial charge in [0.25, 0.3) is 0 Å². The Bertz CT molecular complexity index is 488. The van der Waals surface area contributed by atoms with Gasteiger partial charge in [0.1, 0.15) is 0 Å². The first-order chi connectivity index (χ1) is 7.15. The minimum Gasteiger partial charge on any atom is -0.293 e. The van der Waals surface area contributed by atoms with E-state index in [0.717, 1.165) is 9.75 Å². The zero-order valence-electron chi connectivity index (χ0n) is 8.47. The van der Waals surface area contributed by atoms with Crippen molar-refractivity contribution in [2.75, 3.05) is 0 Å². The third-order valence-electron chi connectivity index (χ3n) is 1.88. The van der Waals surface area contributed by atoms with E-state index in [9.17, 15) is 4.79 Å². The lowest BCUT2D eigenvalue weighted by atomic mass is 10.2. The molecule has 0 atom stereocenters. The molecule has 0 aliphatic rings. The van der Waals surface area contributed by atoms with Gasteiger partial charge in [0.2, 0.25) is 0 Å². The Balaban J connectivity index is 2.10. The van der Waals surface area contributed by atoms with Crippen molar-refractivity contribution in [3.05, 3.63) is 27.7 Å². The first kappa shape index (κ1) is 9.97. The summed E-state index contributed by atoms with van der Waals surface area (Å²) in [7, 11) is 1.68. The Morgan fingerprint density at radius 2 is 2.33 bits per heavy atom. The molecule has 0 saturated carbocycles. The van der Waals surface area contributed by atoms with Crippen molar-refractivity contribution in [2.45, 2.75) is 13.3 Å². The lowest BCUT2D eigenvalue weighted by Crippen LogP contribution is -2.03.